The lowest BCUT2D eigenvalue weighted by atomic mass is 10.1. The molecular formula is C27H29N3O4S. The molecule has 0 bridgehead atoms. The molecular weight excluding hydrogens is 462 g/mol. The Bertz CT molecular complexity index is 1260. The summed E-state index contributed by atoms with van der Waals surface area (Å²) in [4.78, 5) is 34.1. The van der Waals surface area contributed by atoms with Gasteiger partial charge in [0.25, 0.3) is 11.8 Å². The van der Waals surface area contributed by atoms with Crippen molar-refractivity contribution in [3.8, 4) is 21.9 Å². The number of carbonyl (C=O) groups excluding carboxylic acids is 2. The number of benzene rings is 2. The second kappa shape index (κ2) is 9.34. The van der Waals surface area contributed by atoms with Gasteiger partial charge in [0.05, 0.1) is 30.1 Å². The zero-order valence-electron chi connectivity index (χ0n) is 20.3. The maximum atomic E-state index is 13.7. The van der Waals surface area contributed by atoms with Crippen LogP contribution < -0.4 is 14.8 Å². The summed E-state index contributed by atoms with van der Waals surface area (Å²) in [6.07, 6.45) is 1.10. The summed E-state index contributed by atoms with van der Waals surface area (Å²) in [6, 6.07) is 13.2. The first-order chi connectivity index (χ1) is 16.9. The standard InChI is InChI=1S/C27H29N3O4S/c1-15-6-5-7-17(8-15)25-24(29-16(2)35-25)27(32)30-14-19-11-22(19)23(30)13-28-26(31)18-9-20(33-3)12-21(10-18)34-4/h5-10,12,19,22-23H,11,13-14H2,1-4H3,(H,28,31)/t19-,22-,23-/m1/s1. The van der Waals surface area contributed by atoms with E-state index < -0.39 is 0 Å². The predicted molar refractivity (Wildman–Crippen MR) is 135 cm³/mol. The number of aromatic nitrogens is 1. The largest absolute Gasteiger partial charge is 0.497 e. The van der Waals surface area contributed by atoms with Crippen molar-refractivity contribution >= 4 is 23.2 Å². The third kappa shape index (κ3) is 4.62. The summed E-state index contributed by atoms with van der Waals surface area (Å²) in [6.45, 7) is 5.08. The molecule has 35 heavy (non-hydrogen) atoms. The zero-order valence-corrected chi connectivity index (χ0v) is 21.1. The summed E-state index contributed by atoms with van der Waals surface area (Å²) in [7, 11) is 3.10. The Balaban J connectivity index is 1.34. The number of ether oxygens (including phenoxy) is 2. The van der Waals surface area contributed by atoms with Crippen LogP contribution in [0.4, 0.5) is 0 Å². The van der Waals surface area contributed by atoms with Gasteiger partial charge in [0.15, 0.2) is 0 Å². The van der Waals surface area contributed by atoms with Crippen LogP contribution in [0.25, 0.3) is 10.4 Å². The highest BCUT2D eigenvalue weighted by atomic mass is 32.1. The molecule has 1 aliphatic heterocycles. The Kier molecular flexibility index (Phi) is 6.23. The number of piperidine rings is 1. The third-order valence-corrected chi connectivity index (χ3v) is 7.89. The highest BCUT2D eigenvalue weighted by Crippen LogP contribution is 2.50. The van der Waals surface area contributed by atoms with E-state index in [9.17, 15) is 9.59 Å². The molecule has 1 aliphatic carbocycles. The van der Waals surface area contributed by atoms with Crippen LogP contribution in [0, 0.1) is 25.7 Å². The number of nitrogens with one attached hydrogen (secondary N) is 1. The van der Waals surface area contributed by atoms with Crippen molar-refractivity contribution in [2.24, 2.45) is 11.8 Å². The Morgan fingerprint density at radius 1 is 1.11 bits per heavy atom. The number of nitrogens with zero attached hydrogens (tertiary/aromatic N) is 2. The molecule has 3 atom stereocenters. The predicted octanol–water partition coefficient (Wildman–Crippen LogP) is 4.33. The van der Waals surface area contributed by atoms with Crippen LogP contribution in [-0.4, -0.2) is 55.0 Å². The average Bonchev–Trinajstić information content (AvgIpc) is 3.38. The van der Waals surface area contributed by atoms with Gasteiger partial charge in [0.1, 0.15) is 17.2 Å². The van der Waals surface area contributed by atoms with E-state index in [1.54, 1.807) is 43.8 Å². The minimum absolute atomic E-state index is 0.0451. The second-order valence-corrected chi connectivity index (χ2v) is 10.5. The quantitative estimate of drug-likeness (QED) is 0.532. The van der Waals surface area contributed by atoms with Crippen LogP contribution in [0.1, 0.15) is 37.8 Å². The maximum Gasteiger partial charge on any atom is 0.274 e. The molecule has 7 nitrogen and oxygen atoms in total. The fourth-order valence-corrected chi connectivity index (χ4v) is 5.90. The number of amides is 2. The number of likely N-dealkylation sites (tertiary alicyclic amines) is 1. The minimum atomic E-state index is -0.219. The molecule has 0 unspecified atom stereocenters. The van der Waals surface area contributed by atoms with Crippen molar-refractivity contribution in [3.63, 3.8) is 0 Å². The number of rotatable bonds is 7. The fraction of sp³-hybridized carbons (Fsp3) is 0.370. The van der Waals surface area contributed by atoms with Crippen molar-refractivity contribution in [1.82, 2.24) is 15.2 Å². The Morgan fingerprint density at radius 2 is 1.86 bits per heavy atom. The molecule has 8 heteroatoms. The first-order valence-corrected chi connectivity index (χ1v) is 12.6. The van der Waals surface area contributed by atoms with Gasteiger partial charge in [-0.05, 0) is 49.8 Å². The lowest BCUT2D eigenvalue weighted by molar-refractivity contribution is 0.0690. The Hall–Kier alpha value is -3.39. The molecule has 5 rings (SSSR count). The van der Waals surface area contributed by atoms with Gasteiger partial charge in [-0.15, -0.1) is 11.3 Å². The van der Waals surface area contributed by atoms with Gasteiger partial charge in [0, 0.05) is 24.7 Å². The monoisotopic (exact) mass is 491 g/mol. The van der Waals surface area contributed by atoms with Crippen molar-refractivity contribution in [3.05, 3.63) is 64.3 Å². The zero-order chi connectivity index (χ0) is 24.7. The number of carbonyl (C=O) groups is 2. The number of hydrogen-bond donors (Lipinski definition) is 1. The van der Waals surface area contributed by atoms with E-state index in [4.69, 9.17) is 9.47 Å². The summed E-state index contributed by atoms with van der Waals surface area (Å²) in [5.74, 6) is 1.75. The van der Waals surface area contributed by atoms with Gasteiger partial charge in [-0.1, -0.05) is 29.8 Å². The van der Waals surface area contributed by atoms with Crippen LogP contribution in [0.5, 0.6) is 11.5 Å². The van der Waals surface area contributed by atoms with Gasteiger partial charge in [-0.3, -0.25) is 9.59 Å². The third-order valence-electron chi connectivity index (χ3n) is 6.87. The molecule has 0 radical (unpaired) electrons. The average molecular weight is 492 g/mol. The van der Waals surface area contributed by atoms with Gasteiger partial charge in [0.2, 0.25) is 0 Å². The molecule has 0 spiro atoms. The van der Waals surface area contributed by atoms with Crippen molar-refractivity contribution in [2.75, 3.05) is 27.3 Å². The lowest BCUT2D eigenvalue weighted by Crippen LogP contribution is -2.45. The molecule has 2 aliphatic rings. The topological polar surface area (TPSA) is 80.8 Å². The van der Waals surface area contributed by atoms with Crippen molar-refractivity contribution in [2.45, 2.75) is 26.3 Å². The molecule has 2 heterocycles. The summed E-state index contributed by atoms with van der Waals surface area (Å²) in [5, 5.41) is 3.90. The van der Waals surface area contributed by atoms with Crippen molar-refractivity contribution < 1.29 is 19.1 Å². The number of hydrogen-bond acceptors (Lipinski definition) is 6. The summed E-state index contributed by atoms with van der Waals surface area (Å²) in [5.41, 5.74) is 3.12. The highest BCUT2D eigenvalue weighted by Gasteiger charge is 2.54. The molecule has 2 aromatic carbocycles. The first-order valence-electron chi connectivity index (χ1n) is 11.7. The number of aryl methyl sites for hydroxylation is 2. The maximum absolute atomic E-state index is 13.7. The molecule has 2 fully saturated rings. The van der Waals surface area contributed by atoms with E-state index in [2.05, 4.69) is 16.4 Å². The molecule has 1 N–H and O–H groups in total. The van der Waals surface area contributed by atoms with Crippen LogP contribution in [0.2, 0.25) is 0 Å². The molecule has 3 aromatic rings. The number of fused-ring (bicyclic) bond motifs is 1. The smallest absolute Gasteiger partial charge is 0.274 e. The van der Waals surface area contributed by atoms with Crippen LogP contribution in [0.3, 0.4) is 0 Å². The van der Waals surface area contributed by atoms with Crippen molar-refractivity contribution in [1.29, 1.82) is 0 Å². The van der Waals surface area contributed by atoms with Crippen LogP contribution in [-0.2, 0) is 0 Å². The second-order valence-electron chi connectivity index (χ2n) is 9.28. The Morgan fingerprint density at radius 3 is 2.54 bits per heavy atom. The SMILES string of the molecule is COc1cc(OC)cc(C(=O)NC[C@@H]2[C@@H]3C[C@@H]3CN2C(=O)c2nc(C)sc2-c2cccc(C)c2)c1. The van der Waals surface area contributed by atoms with Crippen LogP contribution in [0.15, 0.2) is 42.5 Å². The molecule has 182 valence electrons. The van der Waals surface area contributed by atoms with E-state index in [0.717, 1.165) is 27.4 Å². The van der Waals surface area contributed by atoms with Gasteiger partial charge >= 0.3 is 0 Å². The molecule has 1 saturated heterocycles. The highest BCUT2D eigenvalue weighted by molar-refractivity contribution is 7.15. The molecule has 1 aromatic heterocycles. The van der Waals surface area contributed by atoms with E-state index >= 15 is 0 Å². The van der Waals surface area contributed by atoms with Crippen LogP contribution >= 0.6 is 11.3 Å². The lowest BCUT2D eigenvalue weighted by Gasteiger charge is -2.27. The van der Waals surface area contributed by atoms with E-state index in [1.807, 2.05) is 36.9 Å². The number of thiazole rings is 1. The normalized spacial score (nSPS) is 20.3. The summed E-state index contributed by atoms with van der Waals surface area (Å²) < 4.78 is 10.6. The van der Waals surface area contributed by atoms with E-state index in [0.29, 0.717) is 47.7 Å². The van der Waals surface area contributed by atoms with E-state index in [1.165, 1.54) is 0 Å². The van der Waals surface area contributed by atoms with Gasteiger partial charge in [-0.25, -0.2) is 4.98 Å². The van der Waals surface area contributed by atoms with Gasteiger partial charge in [-0.2, -0.15) is 0 Å². The Labute approximate surface area is 209 Å². The minimum Gasteiger partial charge on any atom is -0.497 e. The summed E-state index contributed by atoms with van der Waals surface area (Å²) >= 11 is 1.55. The fourth-order valence-electron chi connectivity index (χ4n) is 4.99. The number of methoxy groups -OCH3 is 2. The van der Waals surface area contributed by atoms with E-state index in [-0.39, 0.29) is 17.9 Å². The molecule has 2 amide bonds. The van der Waals surface area contributed by atoms with Gasteiger partial charge < -0.3 is 19.7 Å². The molecule has 1 saturated carbocycles. The first kappa shape index (κ1) is 23.4.